The van der Waals surface area contributed by atoms with Crippen molar-refractivity contribution >= 4 is 6.03 Å². The predicted molar refractivity (Wildman–Crippen MR) is 75.1 cm³/mol. The van der Waals surface area contributed by atoms with Gasteiger partial charge in [-0.3, -0.25) is 0 Å². The first-order chi connectivity index (χ1) is 10.1. The molecule has 0 saturated carbocycles. The Kier molecular flexibility index (Phi) is 4.10. The Morgan fingerprint density at radius 3 is 2.62 bits per heavy atom. The molecule has 2 fully saturated rings. The lowest BCUT2D eigenvalue weighted by Gasteiger charge is -2.32. The highest BCUT2D eigenvalue weighted by atomic mass is 16.5. The average Bonchev–Trinajstić information content (AvgIpc) is 3.17. The maximum absolute atomic E-state index is 11.9. The molecule has 0 unspecified atom stereocenters. The molecule has 1 atom stereocenters. The molecule has 2 aliphatic heterocycles. The summed E-state index contributed by atoms with van der Waals surface area (Å²) in [6, 6.07) is 0.0720. The third-order valence-electron chi connectivity index (χ3n) is 4.25. The summed E-state index contributed by atoms with van der Waals surface area (Å²) >= 11 is 0. The van der Waals surface area contributed by atoms with Crippen molar-refractivity contribution in [2.75, 3.05) is 40.4 Å². The van der Waals surface area contributed by atoms with Gasteiger partial charge in [0.15, 0.2) is 5.82 Å². The van der Waals surface area contributed by atoms with Crippen molar-refractivity contribution in [3.8, 4) is 0 Å². The third-order valence-corrected chi connectivity index (χ3v) is 4.25. The molecule has 0 aliphatic carbocycles. The number of hydrogen-bond donors (Lipinski definition) is 0. The highest BCUT2D eigenvalue weighted by Gasteiger charge is 2.30. The molecule has 3 heterocycles. The molecule has 21 heavy (non-hydrogen) atoms. The molecule has 1 aromatic rings. The summed E-state index contributed by atoms with van der Waals surface area (Å²) in [5.41, 5.74) is 0. The van der Waals surface area contributed by atoms with Gasteiger partial charge in [0.1, 0.15) is 0 Å². The molecule has 0 bridgehead atoms. The fourth-order valence-corrected chi connectivity index (χ4v) is 2.92. The van der Waals surface area contributed by atoms with Crippen LogP contribution in [0.2, 0.25) is 0 Å². The number of amides is 2. The van der Waals surface area contributed by atoms with Gasteiger partial charge >= 0.3 is 6.03 Å². The largest absolute Gasteiger partial charge is 0.381 e. The summed E-state index contributed by atoms with van der Waals surface area (Å²) in [7, 11) is 3.56. The summed E-state index contributed by atoms with van der Waals surface area (Å²) in [5, 5.41) is 4.10. The van der Waals surface area contributed by atoms with Crippen molar-refractivity contribution in [2.45, 2.75) is 31.1 Å². The molecule has 0 N–H and O–H groups in total. The first-order valence-corrected chi connectivity index (χ1v) is 7.52. The molecule has 7 heteroatoms. The topological polar surface area (TPSA) is 71.7 Å². The van der Waals surface area contributed by atoms with Crippen LogP contribution in [0.15, 0.2) is 4.52 Å². The smallest absolute Gasteiger partial charge is 0.319 e. The zero-order valence-corrected chi connectivity index (χ0v) is 12.6. The first kappa shape index (κ1) is 14.3. The number of piperidine rings is 1. The van der Waals surface area contributed by atoms with Crippen molar-refractivity contribution in [3.63, 3.8) is 0 Å². The summed E-state index contributed by atoms with van der Waals surface area (Å²) in [6.45, 7) is 2.95. The SMILES string of the molecule is CN(C)C(=O)N1CCC(c2nc([C@@H]3CCOC3)no2)CC1. The number of likely N-dealkylation sites (tertiary alicyclic amines) is 1. The van der Waals surface area contributed by atoms with Gasteiger partial charge in [0, 0.05) is 45.6 Å². The van der Waals surface area contributed by atoms with E-state index in [2.05, 4.69) is 10.1 Å². The van der Waals surface area contributed by atoms with Crippen LogP contribution in [0.3, 0.4) is 0 Å². The molecule has 7 nitrogen and oxygen atoms in total. The number of carbonyl (C=O) groups excluding carboxylic acids is 1. The van der Waals surface area contributed by atoms with E-state index in [4.69, 9.17) is 9.26 Å². The second kappa shape index (κ2) is 6.01. The summed E-state index contributed by atoms with van der Waals surface area (Å²) in [5.74, 6) is 2.03. The maximum Gasteiger partial charge on any atom is 0.319 e. The second-order valence-electron chi connectivity index (χ2n) is 5.99. The molecule has 2 aliphatic rings. The Morgan fingerprint density at radius 2 is 2.00 bits per heavy atom. The molecule has 3 rings (SSSR count). The Balaban J connectivity index is 1.58. The summed E-state index contributed by atoms with van der Waals surface area (Å²) < 4.78 is 10.8. The zero-order chi connectivity index (χ0) is 14.8. The van der Waals surface area contributed by atoms with E-state index in [1.165, 1.54) is 0 Å². The van der Waals surface area contributed by atoms with E-state index in [0.29, 0.717) is 12.5 Å². The van der Waals surface area contributed by atoms with Crippen molar-refractivity contribution in [1.29, 1.82) is 0 Å². The fourth-order valence-electron chi connectivity index (χ4n) is 2.92. The van der Waals surface area contributed by atoms with Crippen LogP contribution in [-0.2, 0) is 4.74 Å². The van der Waals surface area contributed by atoms with Crippen LogP contribution in [0.25, 0.3) is 0 Å². The Labute approximate surface area is 124 Å². The zero-order valence-electron chi connectivity index (χ0n) is 12.6. The minimum atomic E-state index is 0.0720. The number of nitrogens with zero attached hydrogens (tertiary/aromatic N) is 4. The predicted octanol–water partition coefficient (Wildman–Crippen LogP) is 1.43. The monoisotopic (exact) mass is 294 g/mol. The minimum absolute atomic E-state index is 0.0720. The van der Waals surface area contributed by atoms with Crippen LogP contribution in [0, 0.1) is 0 Å². The molecule has 0 spiro atoms. The number of urea groups is 1. The van der Waals surface area contributed by atoms with Gasteiger partial charge in [-0.1, -0.05) is 5.16 Å². The maximum atomic E-state index is 11.9. The van der Waals surface area contributed by atoms with Crippen molar-refractivity contribution in [2.24, 2.45) is 0 Å². The Hall–Kier alpha value is -1.63. The lowest BCUT2D eigenvalue weighted by atomic mass is 9.97. The fraction of sp³-hybridized carbons (Fsp3) is 0.786. The van der Waals surface area contributed by atoms with E-state index in [1.807, 2.05) is 4.90 Å². The molecule has 1 aromatic heterocycles. The standard InChI is InChI=1S/C14H22N4O3/c1-17(2)14(19)18-6-3-10(4-7-18)13-15-12(16-21-13)11-5-8-20-9-11/h10-11H,3-9H2,1-2H3/t11-/m1/s1. The molecule has 2 amide bonds. The van der Waals surface area contributed by atoms with Gasteiger partial charge in [-0.15, -0.1) is 0 Å². The van der Waals surface area contributed by atoms with Gasteiger partial charge in [0.25, 0.3) is 0 Å². The second-order valence-corrected chi connectivity index (χ2v) is 5.99. The lowest BCUT2D eigenvalue weighted by Crippen LogP contribution is -2.43. The van der Waals surface area contributed by atoms with Crippen LogP contribution in [0.4, 0.5) is 4.79 Å². The molecule has 0 aromatic carbocycles. The first-order valence-electron chi connectivity index (χ1n) is 7.52. The molecule has 0 radical (unpaired) electrons. The van der Waals surface area contributed by atoms with Gasteiger partial charge in [-0.25, -0.2) is 4.79 Å². The van der Waals surface area contributed by atoms with Gasteiger partial charge < -0.3 is 19.1 Å². The van der Waals surface area contributed by atoms with Crippen LogP contribution >= 0.6 is 0 Å². The average molecular weight is 294 g/mol. The van der Waals surface area contributed by atoms with Crippen LogP contribution in [-0.4, -0.2) is 66.4 Å². The van der Waals surface area contributed by atoms with Crippen LogP contribution in [0.1, 0.15) is 42.8 Å². The number of rotatable bonds is 2. The Morgan fingerprint density at radius 1 is 1.24 bits per heavy atom. The van der Waals surface area contributed by atoms with Crippen LogP contribution < -0.4 is 0 Å². The van der Waals surface area contributed by atoms with E-state index in [0.717, 1.165) is 44.8 Å². The van der Waals surface area contributed by atoms with Crippen molar-refractivity contribution in [3.05, 3.63) is 11.7 Å². The van der Waals surface area contributed by atoms with Crippen molar-refractivity contribution in [1.82, 2.24) is 19.9 Å². The van der Waals surface area contributed by atoms with Crippen molar-refractivity contribution < 1.29 is 14.1 Å². The number of hydrogen-bond acceptors (Lipinski definition) is 5. The molecular formula is C14H22N4O3. The van der Waals surface area contributed by atoms with Gasteiger partial charge in [-0.2, -0.15) is 4.98 Å². The highest BCUT2D eigenvalue weighted by Crippen LogP contribution is 2.29. The van der Waals surface area contributed by atoms with Gasteiger partial charge in [-0.05, 0) is 19.3 Å². The minimum Gasteiger partial charge on any atom is -0.381 e. The number of ether oxygens (including phenoxy) is 1. The molecule has 2 saturated heterocycles. The van der Waals surface area contributed by atoms with Crippen LogP contribution in [0.5, 0.6) is 0 Å². The van der Waals surface area contributed by atoms with E-state index in [-0.39, 0.29) is 17.9 Å². The highest BCUT2D eigenvalue weighted by molar-refractivity contribution is 5.73. The quantitative estimate of drug-likeness (QED) is 0.825. The molecular weight excluding hydrogens is 272 g/mol. The summed E-state index contributed by atoms with van der Waals surface area (Å²) in [4.78, 5) is 19.9. The van der Waals surface area contributed by atoms with Gasteiger partial charge in [0.2, 0.25) is 5.89 Å². The Bertz CT molecular complexity index is 488. The number of aromatic nitrogens is 2. The van der Waals surface area contributed by atoms with Gasteiger partial charge in [0.05, 0.1) is 6.61 Å². The normalized spacial score (nSPS) is 23.5. The van der Waals surface area contributed by atoms with E-state index >= 15 is 0 Å². The number of carbonyl (C=O) groups is 1. The van der Waals surface area contributed by atoms with E-state index in [9.17, 15) is 4.79 Å². The third kappa shape index (κ3) is 3.02. The van der Waals surface area contributed by atoms with E-state index in [1.54, 1.807) is 19.0 Å². The summed E-state index contributed by atoms with van der Waals surface area (Å²) in [6.07, 6.45) is 2.72. The lowest BCUT2D eigenvalue weighted by molar-refractivity contribution is 0.152. The molecule has 116 valence electrons. The van der Waals surface area contributed by atoms with E-state index < -0.39 is 0 Å².